The molecule has 3 unspecified atom stereocenters. The first-order valence-electron chi connectivity index (χ1n) is 5.97. The molecule has 1 nitrogen and oxygen atoms in total. The van der Waals surface area contributed by atoms with Gasteiger partial charge in [-0.25, -0.2) is 0 Å². The van der Waals surface area contributed by atoms with Crippen molar-refractivity contribution in [2.75, 3.05) is 6.54 Å². The Morgan fingerprint density at radius 1 is 1.08 bits per heavy atom. The number of rotatable bonds is 2. The molecule has 1 N–H and O–H groups in total. The van der Waals surface area contributed by atoms with Gasteiger partial charge in [-0.2, -0.15) is 0 Å². The summed E-state index contributed by atoms with van der Waals surface area (Å²) in [4.78, 5) is 0. The Morgan fingerprint density at radius 3 is 2.46 bits per heavy atom. The van der Waals surface area contributed by atoms with Crippen molar-refractivity contribution in [2.45, 2.75) is 58.9 Å². The topological polar surface area (TPSA) is 12.0 Å². The van der Waals surface area contributed by atoms with E-state index < -0.39 is 0 Å². The van der Waals surface area contributed by atoms with E-state index in [0.717, 1.165) is 17.9 Å². The molecular formula is C12H25N. The van der Waals surface area contributed by atoms with E-state index in [9.17, 15) is 0 Å². The number of hydrogen-bond donors (Lipinski definition) is 1. The third-order valence-corrected chi connectivity index (χ3v) is 3.61. The van der Waals surface area contributed by atoms with Gasteiger partial charge in [0.2, 0.25) is 0 Å². The molecule has 0 spiro atoms. The molecule has 1 heterocycles. The highest BCUT2D eigenvalue weighted by Crippen LogP contribution is 2.23. The summed E-state index contributed by atoms with van der Waals surface area (Å²) in [5.41, 5.74) is 0. The highest BCUT2D eigenvalue weighted by atomic mass is 14.9. The van der Waals surface area contributed by atoms with E-state index in [0.29, 0.717) is 0 Å². The Morgan fingerprint density at radius 2 is 1.77 bits per heavy atom. The average molecular weight is 183 g/mol. The van der Waals surface area contributed by atoms with E-state index in [2.05, 4.69) is 26.1 Å². The standard InChI is InChI=1S/C12H25N/c1-4-5-12-7-6-10(2)11(3)8-9-13-12/h10-13H,4-9H2,1-3H3. The predicted octanol–water partition coefficient (Wildman–Crippen LogP) is 3.20. The molecule has 0 aromatic carbocycles. The lowest BCUT2D eigenvalue weighted by Crippen LogP contribution is -2.34. The minimum atomic E-state index is 0.806. The third-order valence-electron chi connectivity index (χ3n) is 3.61. The first-order chi connectivity index (χ1) is 6.24. The van der Waals surface area contributed by atoms with E-state index in [-0.39, 0.29) is 0 Å². The molecule has 1 aliphatic heterocycles. The molecule has 0 bridgehead atoms. The summed E-state index contributed by atoms with van der Waals surface area (Å²) in [5.74, 6) is 1.84. The fourth-order valence-corrected chi connectivity index (χ4v) is 2.25. The second kappa shape index (κ2) is 5.64. The summed E-state index contributed by atoms with van der Waals surface area (Å²) < 4.78 is 0. The zero-order valence-electron chi connectivity index (χ0n) is 9.47. The SMILES string of the molecule is CCCC1CCC(C)C(C)CCN1. The zero-order valence-corrected chi connectivity index (χ0v) is 9.47. The lowest BCUT2D eigenvalue weighted by Gasteiger charge is -2.28. The van der Waals surface area contributed by atoms with Crippen molar-refractivity contribution in [3.8, 4) is 0 Å². The van der Waals surface area contributed by atoms with Gasteiger partial charge in [0.25, 0.3) is 0 Å². The van der Waals surface area contributed by atoms with Crippen LogP contribution in [0.25, 0.3) is 0 Å². The Labute approximate surface area is 83.3 Å². The Bertz CT molecular complexity index is 133. The van der Waals surface area contributed by atoms with Crippen molar-refractivity contribution in [3.63, 3.8) is 0 Å². The van der Waals surface area contributed by atoms with Crippen molar-refractivity contribution in [1.82, 2.24) is 5.32 Å². The molecule has 1 saturated heterocycles. The molecule has 1 heteroatoms. The molecule has 0 saturated carbocycles. The second-order valence-corrected chi connectivity index (χ2v) is 4.76. The van der Waals surface area contributed by atoms with Gasteiger partial charge >= 0.3 is 0 Å². The van der Waals surface area contributed by atoms with Crippen molar-refractivity contribution < 1.29 is 0 Å². The van der Waals surface area contributed by atoms with Crippen LogP contribution >= 0.6 is 0 Å². The van der Waals surface area contributed by atoms with Crippen molar-refractivity contribution in [2.24, 2.45) is 11.8 Å². The van der Waals surface area contributed by atoms with Gasteiger partial charge in [-0.1, -0.05) is 27.2 Å². The van der Waals surface area contributed by atoms with E-state index in [1.807, 2.05) is 0 Å². The molecule has 13 heavy (non-hydrogen) atoms. The van der Waals surface area contributed by atoms with Gasteiger partial charge in [-0.05, 0) is 44.1 Å². The van der Waals surface area contributed by atoms with Gasteiger partial charge < -0.3 is 5.32 Å². The van der Waals surface area contributed by atoms with Gasteiger partial charge in [-0.15, -0.1) is 0 Å². The molecule has 0 aliphatic carbocycles. The smallest absolute Gasteiger partial charge is 0.00670 e. The van der Waals surface area contributed by atoms with Crippen LogP contribution in [0.15, 0.2) is 0 Å². The molecular weight excluding hydrogens is 158 g/mol. The Kier molecular flexibility index (Phi) is 4.79. The highest BCUT2D eigenvalue weighted by Gasteiger charge is 2.18. The summed E-state index contributed by atoms with van der Waals surface area (Å²) in [7, 11) is 0. The summed E-state index contributed by atoms with van der Waals surface area (Å²) in [6.07, 6.45) is 6.85. The lowest BCUT2D eigenvalue weighted by molar-refractivity contribution is 0.273. The molecule has 0 aromatic heterocycles. The second-order valence-electron chi connectivity index (χ2n) is 4.76. The van der Waals surface area contributed by atoms with Crippen LogP contribution in [0, 0.1) is 11.8 Å². The van der Waals surface area contributed by atoms with Crippen molar-refractivity contribution in [3.05, 3.63) is 0 Å². The van der Waals surface area contributed by atoms with Gasteiger partial charge in [0.15, 0.2) is 0 Å². The molecule has 0 aromatic rings. The van der Waals surface area contributed by atoms with Gasteiger partial charge in [0.1, 0.15) is 0 Å². The molecule has 1 fully saturated rings. The van der Waals surface area contributed by atoms with Gasteiger partial charge in [-0.3, -0.25) is 0 Å². The van der Waals surface area contributed by atoms with E-state index in [1.165, 1.54) is 38.6 Å². The van der Waals surface area contributed by atoms with Crippen LogP contribution in [0.2, 0.25) is 0 Å². The zero-order chi connectivity index (χ0) is 9.68. The first-order valence-corrected chi connectivity index (χ1v) is 5.97. The fourth-order valence-electron chi connectivity index (χ4n) is 2.25. The van der Waals surface area contributed by atoms with E-state index in [1.54, 1.807) is 0 Å². The maximum atomic E-state index is 3.67. The molecule has 0 radical (unpaired) electrons. The first kappa shape index (κ1) is 11.0. The van der Waals surface area contributed by atoms with Crippen LogP contribution in [0.4, 0.5) is 0 Å². The molecule has 78 valence electrons. The average Bonchev–Trinajstić information content (AvgIpc) is 2.11. The predicted molar refractivity (Wildman–Crippen MR) is 58.9 cm³/mol. The maximum Gasteiger partial charge on any atom is 0.00670 e. The van der Waals surface area contributed by atoms with Crippen molar-refractivity contribution in [1.29, 1.82) is 0 Å². The Hall–Kier alpha value is -0.0400. The van der Waals surface area contributed by atoms with Crippen LogP contribution in [-0.2, 0) is 0 Å². The van der Waals surface area contributed by atoms with Crippen molar-refractivity contribution >= 4 is 0 Å². The Balaban J connectivity index is 2.32. The summed E-state index contributed by atoms with van der Waals surface area (Å²) in [5, 5.41) is 3.67. The maximum absolute atomic E-state index is 3.67. The summed E-state index contributed by atoms with van der Waals surface area (Å²) >= 11 is 0. The minimum absolute atomic E-state index is 0.806. The quantitative estimate of drug-likeness (QED) is 0.693. The van der Waals surface area contributed by atoms with Crippen LogP contribution in [0.3, 0.4) is 0 Å². The largest absolute Gasteiger partial charge is 0.314 e. The minimum Gasteiger partial charge on any atom is -0.314 e. The van der Waals surface area contributed by atoms with Crippen LogP contribution in [0.5, 0.6) is 0 Å². The number of nitrogens with one attached hydrogen (secondary N) is 1. The third kappa shape index (κ3) is 3.68. The summed E-state index contributed by atoms with van der Waals surface area (Å²) in [6, 6.07) is 0.806. The van der Waals surface area contributed by atoms with Gasteiger partial charge in [0.05, 0.1) is 0 Å². The van der Waals surface area contributed by atoms with Crippen LogP contribution in [-0.4, -0.2) is 12.6 Å². The van der Waals surface area contributed by atoms with E-state index in [4.69, 9.17) is 0 Å². The number of hydrogen-bond acceptors (Lipinski definition) is 1. The van der Waals surface area contributed by atoms with Gasteiger partial charge in [0, 0.05) is 6.04 Å². The van der Waals surface area contributed by atoms with Crippen LogP contribution < -0.4 is 5.32 Å². The molecule has 1 aliphatic rings. The fraction of sp³-hybridized carbons (Fsp3) is 1.00. The molecule has 3 atom stereocenters. The van der Waals surface area contributed by atoms with E-state index >= 15 is 0 Å². The van der Waals surface area contributed by atoms with Crippen LogP contribution in [0.1, 0.15) is 52.9 Å². The summed E-state index contributed by atoms with van der Waals surface area (Å²) in [6.45, 7) is 8.33. The monoisotopic (exact) mass is 183 g/mol. The molecule has 1 rings (SSSR count). The highest BCUT2D eigenvalue weighted by molar-refractivity contribution is 4.74. The molecule has 0 amide bonds. The normalized spacial score (nSPS) is 36.7. The lowest BCUT2D eigenvalue weighted by atomic mass is 9.85.